The number of aromatic carboxylic acids is 2. The van der Waals surface area contributed by atoms with Gasteiger partial charge in [-0.15, -0.1) is 11.8 Å². The highest BCUT2D eigenvalue weighted by atomic mass is 35.5. The van der Waals surface area contributed by atoms with Crippen LogP contribution in [0.25, 0.3) is 0 Å². The minimum atomic E-state index is -1.42. The first kappa shape index (κ1) is 25.6. The molecule has 3 rings (SSSR count). The fourth-order valence-corrected chi connectivity index (χ4v) is 4.02. The van der Waals surface area contributed by atoms with E-state index in [4.69, 9.17) is 21.4 Å². The van der Waals surface area contributed by atoms with E-state index >= 15 is 0 Å². The number of hydrogen-bond acceptors (Lipinski definition) is 6. The molecule has 0 bridgehead atoms. The molecule has 0 unspecified atom stereocenters. The first-order valence-electron chi connectivity index (χ1n) is 9.96. The molecule has 3 aromatic rings. The van der Waals surface area contributed by atoms with Crippen LogP contribution in [0.5, 0.6) is 5.75 Å². The zero-order valence-electron chi connectivity index (χ0n) is 18.2. The number of thioether (sulfide) groups is 1. The van der Waals surface area contributed by atoms with Gasteiger partial charge in [-0.1, -0.05) is 17.7 Å². The van der Waals surface area contributed by atoms with E-state index in [0.717, 1.165) is 18.2 Å². The van der Waals surface area contributed by atoms with Gasteiger partial charge in [0.05, 0.1) is 34.6 Å². The number of carboxylic acids is 2. The number of nitrogens with one attached hydrogen (secondary N) is 2. The third-order valence-corrected chi connectivity index (χ3v) is 5.93. The van der Waals surface area contributed by atoms with Crippen molar-refractivity contribution in [3.05, 3.63) is 82.4 Å². The van der Waals surface area contributed by atoms with Gasteiger partial charge in [-0.3, -0.25) is 9.59 Å². The van der Waals surface area contributed by atoms with Crippen molar-refractivity contribution in [2.45, 2.75) is 4.90 Å². The number of rotatable bonds is 9. The summed E-state index contributed by atoms with van der Waals surface area (Å²) in [5.41, 5.74) is 0.0421. The largest absolute Gasteiger partial charge is 0.495 e. The van der Waals surface area contributed by atoms with E-state index in [0.29, 0.717) is 27.0 Å². The number of halogens is 1. The van der Waals surface area contributed by atoms with Gasteiger partial charge < -0.3 is 25.6 Å². The normalized spacial score (nSPS) is 10.3. The molecule has 2 amide bonds. The van der Waals surface area contributed by atoms with Gasteiger partial charge in [0, 0.05) is 16.3 Å². The van der Waals surface area contributed by atoms with Crippen LogP contribution in [0.4, 0.5) is 11.4 Å². The molecule has 0 saturated heterocycles. The summed E-state index contributed by atoms with van der Waals surface area (Å²) in [6, 6.07) is 14.8. The highest BCUT2D eigenvalue weighted by Gasteiger charge is 2.19. The average molecular weight is 515 g/mol. The SMILES string of the molecule is COc1ccc(NC(=O)CSc2cccc(NC(=O)c3ccc(C(=O)O)cc3C(=O)O)c2)cc1Cl. The second kappa shape index (κ2) is 11.4. The molecule has 0 aliphatic rings. The van der Waals surface area contributed by atoms with Crippen molar-refractivity contribution in [1.29, 1.82) is 0 Å². The van der Waals surface area contributed by atoms with Crippen molar-refractivity contribution in [3.63, 3.8) is 0 Å². The predicted molar refractivity (Wildman–Crippen MR) is 132 cm³/mol. The molecule has 4 N–H and O–H groups in total. The Morgan fingerprint density at radius 3 is 2.29 bits per heavy atom. The number of carboxylic acid groups (broad SMARTS) is 2. The lowest BCUT2D eigenvalue weighted by Gasteiger charge is -2.10. The molecule has 0 fully saturated rings. The summed E-state index contributed by atoms with van der Waals surface area (Å²) in [7, 11) is 1.49. The third kappa shape index (κ3) is 6.75. The summed E-state index contributed by atoms with van der Waals surface area (Å²) in [4.78, 5) is 48.3. The zero-order chi connectivity index (χ0) is 25.5. The number of methoxy groups -OCH3 is 1. The molecule has 0 spiro atoms. The third-order valence-electron chi connectivity index (χ3n) is 4.64. The molecule has 0 heterocycles. The summed E-state index contributed by atoms with van der Waals surface area (Å²) in [6.07, 6.45) is 0. The van der Waals surface area contributed by atoms with Crippen molar-refractivity contribution in [2.24, 2.45) is 0 Å². The lowest BCUT2D eigenvalue weighted by atomic mass is 10.0. The number of amides is 2. The van der Waals surface area contributed by atoms with Crippen molar-refractivity contribution in [1.82, 2.24) is 0 Å². The van der Waals surface area contributed by atoms with Gasteiger partial charge in [-0.25, -0.2) is 9.59 Å². The second-order valence-electron chi connectivity index (χ2n) is 7.04. The molecular weight excluding hydrogens is 496 g/mol. The number of carbonyl (C=O) groups excluding carboxylic acids is 2. The summed E-state index contributed by atoms with van der Waals surface area (Å²) >= 11 is 7.29. The Morgan fingerprint density at radius 1 is 0.886 bits per heavy atom. The Hall–Kier alpha value is -4.02. The number of carbonyl (C=O) groups is 4. The first-order chi connectivity index (χ1) is 16.7. The van der Waals surface area contributed by atoms with Gasteiger partial charge >= 0.3 is 11.9 Å². The van der Waals surface area contributed by atoms with Crippen molar-refractivity contribution in [2.75, 3.05) is 23.5 Å². The Morgan fingerprint density at radius 2 is 1.63 bits per heavy atom. The number of anilines is 2. The quantitative estimate of drug-likeness (QED) is 0.300. The lowest BCUT2D eigenvalue weighted by molar-refractivity contribution is -0.113. The van der Waals surface area contributed by atoms with E-state index in [1.807, 2.05) is 0 Å². The van der Waals surface area contributed by atoms with Crippen LogP contribution in [0, 0.1) is 0 Å². The topological polar surface area (TPSA) is 142 Å². The average Bonchev–Trinajstić information content (AvgIpc) is 2.82. The highest BCUT2D eigenvalue weighted by molar-refractivity contribution is 8.00. The molecule has 0 aliphatic carbocycles. The zero-order valence-corrected chi connectivity index (χ0v) is 19.8. The smallest absolute Gasteiger partial charge is 0.336 e. The summed E-state index contributed by atoms with van der Waals surface area (Å²) in [5, 5.41) is 24.1. The van der Waals surface area contributed by atoms with E-state index in [-0.39, 0.29) is 22.8 Å². The monoisotopic (exact) mass is 514 g/mol. The Balaban J connectivity index is 1.64. The van der Waals surface area contributed by atoms with Crippen molar-refractivity contribution >= 4 is 58.5 Å². The van der Waals surface area contributed by atoms with E-state index in [9.17, 15) is 24.3 Å². The van der Waals surface area contributed by atoms with E-state index < -0.39 is 23.4 Å². The maximum atomic E-state index is 12.7. The number of hydrogen-bond donors (Lipinski definition) is 4. The molecular formula is C24H19ClN2O7S. The Kier molecular flexibility index (Phi) is 8.34. The van der Waals surface area contributed by atoms with E-state index in [2.05, 4.69) is 10.6 Å². The van der Waals surface area contributed by atoms with Gasteiger partial charge in [0.15, 0.2) is 0 Å². The fourth-order valence-electron chi connectivity index (χ4n) is 3.00. The molecule has 3 aromatic carbocycles. The molecule has 35 heavy (non-hydrogen) atoms. The molecule has 0 aliphatic heterocycles. The maximum absolute atomic E-state index is 12.7. The van der Waals surface area contributed by atoms with Crippen LogP contribution in [0.2, 0.25) is 5.02 Å². The molecule has 0 saturated carbocycles. The molecule has 180 valence electrons. The standard InChI is InChI=1S/C24H19ClN2O7S/c1-34-20-8-6-15(11-19(20)25)26-21(28)12-35-16-4-2-3-14(10-16)27-22(29)17-7-5-13(23(30)31)9-18(17)24(32)33/h2-11H,12H2,1H3,(H,26,28)(H,27,29)(H,30,31)(H,32,33). The van der Waals surface area contributed by atoms with Crippen LogP contribution in [-0.2, 0) is 4.79 Å². The van der Waals surface area contributed by atoms with Gasteiger partial charge in [-0.2, -0.15) is 0 Å². The van der Waals surface area contributed by atoms with Gasteiger partial charge in [0.25, 0.3) is 5.91 Å². The molecule has 9 nitrogen and oxygen atoms in total. The lowest BCUT2D eigenvalue weighted by Crippen LogP contribution is -2.17. The van der Waals surface area contributed by atoms with Gasteiger partial charge in [0.1, 0.15) is 5.75 Å². The number of benzene rings is 3. The Labute approximate surface area is 209 Å². The van der Waals surface area contributed by atoms with Crippen LogP contribution in [0.3, 0.4) is 0 Å². The molecule has 0 radical (unpaired) electrons. The molecule has 11 heteroatoms. The number of ether oxygens (including phenoxy) is 1. The van der Waals surface area contributed by atoms with Crippen molar-refractivity contribution < 1.29 is 34.1 Å². The Bertz CT molecular complexity index is 1310. The van der Waals surface area contributed by atoms with Gasteiger partial charge in [0.2, 0.25) is 5.91 Å². The van der Waals surface area contributed by atoms with Crippen LogP contribution >= 0.6 is 23.4 Å². The van der Waals surface area contributed by atoms with E-state index in [1.165, 1.54) is 18.9 Å². The first-order valence-corrected chi connectivity index (χ1v) is 11.3. The second-order valence-corrected chi connectivity index (χ2v) is 8.49. The van der Waals surface area contributed by atoms with Crippen LogP contribution in [-0.4, -0.2) is 46.8 Å². The summed E-state index contributed by atoms with van der Waals surface area (Å²) < 4.78 is 5.08. The van der Waals surface area contributed by atoms with Crippen LogP contribution in [0.15, 0.2) is 65.6 Å². The minimum absolute atomic E-state index is 0.0842. The van der Waals surface area contributed by atoms with Crippen LogP contribution in [0.1, 0.15) is 31.1 Å². The fraction of sp³-hybridized carbons (Fsp3) is 0.0833. The predicted octanol–water partition coefficient (Wildman–Crippen LogP) is 4.73. The maximum Gasteiger partial charge on any atom is 0.336 e. The van der Waals surface area contributed by atoms with Gasteiger partial charge in [-0.05, 0) is 54.6 Å². The highest BCUT2D eigenvalue weighted by Crippen LogP contribution is 2.28. The summed E-state index contributed by atoms with van der Waals surface area (Å²) in [6.45, 7) is 0. The summed E-state index contributed by atoms with van der Waals surface area (Å²) in [5.74, 6) is -3.13. The minimum Gasteiger partial charge on any atom is -0.495 e. The van der Waals surface area contributed by atoms with Crippen molar-refractivity contribution in [3.8, 4) is 5.75 Å². The molecule has 0 aromatic heterocycles. The van der Waals surface area contributed by atoms with Crippen LogP contribution < -0.4 is 15.4 Å². The van der Waals surface area contributed by atoms with E-state index in [1.54, 1.807) is 42.5 Å². The molecule has 0 atom stereocenters.